The van der Waals surface area contributed by atoms with Crippen molar-refractivity contribution in [3.05, 3.63) is 35.4 Å². The van der Waals surface area contributed by atoms with Crippen LogP contribution in [0, 0.1) is 11.8 Å². The molecule has 0 aromatic heterocycles. The molecule has 0 unspecified atom stereocenters. The molecule has 1 heterocycles. The molecule has 3 heteroatoms. The average Bonchev–Trinajstić information content (AvgIpc) is 2.49. The molecule has 1 fully saturated rings. The van der Waals surface area contributed by atoms with E-state index >= 15 is 0 Å². The van der Waals surface area contributed by atoms with Gasteiger partial charge in [-0.1, -0.05) is 24.3 Å². The number of hydrogen-bond acceptors (Lipinski definition) is 3. The lowest BCUT2D eigenvalue weighted by Crippen LogP contribution is -2.27. The molecule has 2 bridgehead atoms. The van der Waals surface area contributed by atoms with Gasteiger partial charge in [0.1, 0.15) is 6.10 Å². The largest absolute Gasteiger partial charge is 0.457 e. The van der Waals surface area contributed by atoms with Crippen LogP contribution in [0.2, 0.25) is 0 Å². The number of esters is 1. The second-order valence-corrected chi connectivity index (χ2v) is 4.21. The van der Waals surface area contributed by atoms with Crippen LogP contribution in [0.1, 0.15) is 17.2 Å². The van der Waals surface area contributed by atoms with Gasteiger partial charge in [-0.25, -0.2) is 0 Å². The lowest BCUT2D eigenvalue weighted by Gasteiger charge is -2.26. The zero-order valence-electron chi connectivity index (χ0n) is 8.22. The molecule has 0 spiro atoms. The minimum absolute atomic E-state index is 0.0232. The summed E-state index contributed by atoms with van der Waals surface area (Å²) in [5.74, 6) is -0.349. The van der Waals surface area contributed by atoms with E-state index in [-0.39, 0.29) is 30.5 Å². The van der Waals surface area contributed by atoms with Crippen LogP contribution in [0.5, 0.6) is 0 Å². The smallest absolute Gasteiger partial charge is 0.310 e. The van der Waals surface area contributed by atoms with Gasteiger partial charge >= 0.3 is 5.97 Å². The van der Waals surface area contributed by atoms with E-state index in [1.807, 2.05) is 24.3 Å². The van der Waals surface area contributed by atoms with Crippen LogP contribution in [0.3, 0.4) is 0 Å². The highest BCUT2D eigenvalue weighted by molar-refractivity contribution is 5.77. The number of rotatable bonds is 1. The molecule has 3 rings (SSSR count). The average molecular weight is 204 g/mol. The molecule has 78 valence electrons. The molecule has 1 aliphatic carbocycles. The maximum Gasteiger partial charge on any atom is 0.310 e. The molecule has 1 aliphatic heterocycles. The fraction of sp³-hybridized carbons (Fsp3) is 0.417. The maximum absolute atomic E-state index is 11.6. The SMILES string of the molecule is O=C1O[C@@H]2c3ccccc3C[C@@H]1[C@@H]2CO. The van der Waals surface area contributed by atoms with Crippen molar-refractivity contribution in [2.45, 2.75) is 12.5 Å². The fourth-order valence-corrected chi connectivity index (χ4v) is 2.67. The Kier molecular flexibility index (Phi) is 1.83. The van der Waals surface area contributed by atoms with Gasteiger partial charge in [0.25, 0.3) is 0 Å². The summed E-state index contributed by atoms with van der Waals surface area (Å²) in [6.45, 7) is 0.0232. The normalized spacial score (nSPS) is 32.3. The first-order valence-electron chi connectivity index (χ1n) is 5.20. The van der Waals surface area contributed by atoms with Crippen molar-refractivity contribution in [3.8, 4) is 0 Å². The van der Waals surface area contributed by atoms with Gasteiger partial charge in [-0.3, -0.25) is 4.79 Å². The summed E-state index contributed by atoms with van der Waals surface area (Å²) in [7, 11) is 0. The lowest BCUT2D eigenvalue weighted by atomic mass is 9.76. The highest BCUT2D eigenvalue weighted by Gasteiger charge is 2.48. The predicted octanol–water partition coefficient (Wildman–Crippen LogP) is 1.07. The molecule has 1 N–H and O–H groups in total. The van der Waals surface area contributed by atoms with E-state index in [4.69, 9.17) is 4.74 Å². The van der Waals surface area contributed by atoms with Crippen LogP contribution in [-0.2, 0) is 16.0 Å². The first-order valence-corrected chi connectivity index (χ1v) is 5.20. The summed E-state index contributed by atoms with van der Waals surface area (Å²) < 4.78 is 5.32. The van der Waals surface area contributed by atoms with Gasteiger partial charge in [0, 0.05) is 5.92 Å². The second-order valence-electron chi connectivity index (χ2n) is 4.21. The molecule has 2 aliphatic rings. The van der Waals surface area contributed by atoms with Crippen molar-refractivity contribution in [3.63, 3.8) is 0 Å². The molecule has 15 heavy (non-hydrogen) atoms. The van der Waals surface area contributed by atoms with E-state index in [9.17, 15) is 9.90 Å². The van der Waals surface area contributed by atoms with E-state index in [1.165, 1.54) is 5.56 Å². The number of aliphatic hydroxyl groups excluding tert-OH is 1. The van der Waals surface area contributed by atoms with Crippen molar-refractivity contribution in [2.24, 2.45) is 11.8 Å². The summed E-state index contributed by atoms with van der Waals surface area (Å²) >= 11 is 0. The number of fused-ring (bicyclic) bond motifs is 4. The Balaban J connectivity index is 2.10. The quantitative estimate of drug-likeness (QED) is 0.696. The highest BCUT2D eigenvalue weighted by Crippen LogP contribution is 2.46. The number of hydrogen-bond donors (Lipinski definition) is 1. The van der Waals surface area contributed by atoms with E-state index in [0.717, 1.165) is 5.56 Å². The summed E-state index contributed by atoms with van der Waals surface area (Å²) in [5, 5.41) is 9.28. The van der Waals surface area contributed by atoms with Gasteiger partial charge in [0.2, 0.25) is 0 Å². The van der Waals surface area contributed by atoms with Crippen molar-refractivity contribution >= 4 is 5.97 Å². The van der Waals surface area contributed by atoms with Crippen LogP contribution < -0.4 is 0 Å². The molecule has 0 saturated carbocycles. The fourth-order valence-electron chi connectivity index (χ4n) is 2.67. The zero-order chi connectivity index (χ0) is 10.4. The summed E-state index contributed by atoms with van der Waals surface area (Å²) in [5.41, 5.74) is 2.25. The molecule has 1 saturated heterocycles. The Morgan fingerprint density at radius 1 is 1.40 bits per heavy atom. The van der Waals surface area contributed by atoms with Gasteiger partial charge in [-0.2, -0.15) is 0 Å². The van der Waals surface area contributed by atoms with Crippen molar-refractivity contribution in [2.75, 3.05) is 6.61 Å². The molecular formula is C12H12O3. The first kappa shape index (κ1) is 8.92. The van der Waals surface area contributed by atoms with E-state index in [2.05, 4.69) is 0 Å². The van der Waals surface area contributed by atoms with Crippen LogP contribution in [-0.4, -0.2) is 17.7 Å². The lowest BCUT2D eigenvalue weighted by molar-refractivity contribution is -0.144. The van der Waals surface area contributed by atoms with Crippen LogP contribution in [0.25, 0.3) is 0 Å². The van der Waals surface area contributed by atoms with Crippen LogP contribution in [0.15, 0.2) is 24.3 Å². The number of benzene rings is 1. The Hall–Kier alpha value is -1.35. The van der Waals surface area contributed by atoms with Gasteiger partial charge < -0.3 is 9.84 Å². The minimum atomic E-state index is -0.225. The monoisotopic (exact) mass is 204 g/mol. The van der Waals surface area contributed by atoms with Gasteiger partial charge in [-0.15, -0.1) is 0 Å². The summed E-state index contributed by atoms with van der Waals surface area (Å²) in [4.78, 5) is 11.6. The third-order valence-corrected chi connectivity index (χ3v) is 3.46. The number of carbonyl (C=O) groups excluding carboxylic acids is 1. The zero-order valence-corrected chi connectivity index (χ0v) is 8.22. The number of ether oxygens (including phenoxy) is 1. The highest BCUT2D eigenvalue weighted by atomic mass is 16.6. The Labute approximate surface area is 87.7 Å². The molecule has 0 amide bonds. The molecule has 1 aromatic rings. The van der Waals surface area contributed by atoms with Crippen molar-refractivity contribution in [1.82, 2.24) is 0 Å². The van der Waals surface area contributed by atoms with Crippen LogP contribution >= 0.6 is 0 Å². The molecule has 3 atom stereocenters. The summed E-state index contributed by atoms with van der Waals surface area (Å²) in [6.07, 6.45) is 0.481. The standard InChI is InChI=1S/C12H12O3/c13-6-10-9-5-7-3-1-2-4-8(7)11(10)15-12(9)14/h1-4,9-11,13H,5-6H2/t9-,10+,11-/m1/s1. The number of carbonyl (C=O) groups is 1. The first-order chi connectivity index (χ1) is 7.31. The van der Waals surface area contributed by atoms with Crippen molar-refractivity contribution < 1.29 is 14.6 Å². The second kappa shape index (κ2) is 3.07. The van der Waals surface area contributed by atoms with Crippen LogP contribution in [0.4, 0.5) is 0 Å². The maximum atomic E-state index is 11.6. The molecule has 1 aromatic carbocycles. The van der Waals surface area contributed by atoms with Gasteiger partial charge in [0.05, 0.1) is 12.5 Å². The molecule has 0 radical (unpaired) electrons. The number of aliphatic hydroxyl groups is 1. The third-order valence-electron chi connectivity index (χ3n) is 3.46. The molecule has 3 nitrogen and oxygen atoms in total. The van der Waals surface area contributed by atoms with Gasteiger partial charge in [0.15, 0.2) is 0 Å². The van der Waals surface area contributed by atoms with E-state index in [0.29, 0.717) is 6.42 Å². The van der Waals surface area contributed by atoms with E-state index < -0.39 is 0 Å². The Bertz CT molecular complexity index is 413. The predicted molar refractivity (Wildman–Crippen MR) is 53.0 cm³/mol. The minimum Gasteiger partial charge on any atom is -0.457 e. The topological polar surface area (TPSA) is 46.5 Å². The van der Waals surface area contributed by atoms with Gasteiger partial charge in [-0.05, 0) is 17.5 Å². The Morgan fingerprint density at radius 3 is 3.00 bits per heavy atom. The van der Waals surface area contributed by atoms with E-state index in [1.54, 1.807) is 0 Å². The Morgan fingerprint density at radius 2 is 2.20 bits per heavy atom. The third kappa shape index (κ3) is 1.13. The van der Waals surface area contributed by atoms with Crippen molar-refractivity contribution in [1.29, 1.82) is 0 Å². The summed E-state index contributed by atoms with van der Waals surface area (Å²) in [6, 6.07) is 7.93. The molecular weight excluding hydrogens is 192 g/mol.